The van der Waals surface area contributed by atoms with Crippen LogP contribution in [0.2, 0.25) is 0 Å². The van der Waals surface area contributed by atoms with E-state index in [0.717, 1.165) is 18.6 Å². The predicted molar refractivity (Wildman–Crippen MR) is 81.2 cm³/mol. The molecule has 0 bridgehead atoms. The highest BCUT2D eigenvalue weighted by Crippen LogP contribution is 2.23. The molecule has 0 heterocycles. The van der Waals surface area contributed by atoms with E-state index < -0.39 is 6.36 Å². The molecule has 0 aliphatic carbocycles. The van der Waals surface area contributed by atoms with Gasteiger partial charge in [0.1, 0.15) is 5.75 Å². The number of alkyl halides is 3. The molecule has 4 N–H and O–H groups in total. The van der Waals surface area contributed by atoms with Crippen LogP contribution in [0.3, 0.4) is 0 Å². The molecule has 1 aromatic rings. The summed E-state index contributed by atoms with van der Waals surface area (Å²) in [6.45, 7) is 2.78. The molecule has 0 atom stereocenters. The zero-order valence-corrected chi connectivity index (χ0v) is 12.6. The summed E-state index contributed by atoms with van der Waals surface area (Å²) >= 11 is 0. The van der Waals surface area contributed by atoms with Crippen LogP contribution in [0.5, 0.6) is 5.75 Å². The Morgan fingerprint density at radius 2 is 1.96 bits per heavy atom. The molecular weight excluding hydrogens is 313 g/mol. The molecule has 0 spiro atoms. The van der Waals surface area contributed by atoms with Gasteiger partial charge >= 0.3 is 6.36 Å². The van der Waals surface area contributed by atoms with Crippen molar-refractivity contribution < 1.29 is 22.7 Å². The number of hydrogen-bond acceptors (Lipinski definition) is 3. The first-order chi connectivity index (χ1) is 10.8. The quantitative estimate of drug-likeness (QED) is 0.528. The van der Waals surface area contributed by atoms with Gasteiger partial charge in [-0.2, -0.15) is 0 Å². The van der Waals surface area contributed by atoms with Gasteiger partial charge in [-0.15, -0.1) is 13.2 Å². The lowest BCUT2D eigenvalue weighted by Gasteiger charge is -2.10. The summed E-state index contributed by atoms with van der Waals surface area (Å²) in [7, 11) is 0. The lowest BCUT2D eigenvalue weighted by molar-refractivity contribution is -0.274. The number of nitrogens with two attached hydrogens (primary N) is 1. The third kappa shape index (κ3) is 8.54. The molecule has 0 aromatic heterocycles. The lowest BCUT2D eigenvalue weighted by atomic mass is 10.3. The molecule has 0 aliphatic heterocycles. The average Bonchev–Trinajstić information content (AvgIpc) is 2.45. The molecule has 1 amide bonds. The van der Waals surface area contributed by atoms with Crippen LogP contribution in [0.1, 0.15) is 19.8 Å². The number of guanidine groups is 1. The van der Waals surface area contributed by atoms with E-state index in [0.29, 0.717) is 12.2 Å². The lowest BCUT2D eigenvalue weighted by Crippen LogP contribution is -2.26. The fraction of sp³-hybridized carbons (Fsp3) is 0.429. The van der Waals surface area contributed by atoms with Crippen LogP contribution in [-0.4, -0.2) is 31.3 Å². The van der Waals surface area contributed by atoms with Gasteiger partial charge in [-0.3, -0.25) is 9.79 Å². The average molecular weight is 332 g/mol. The van der Waals surface area contributed by atoms with Crippen LogP contribution in [-0.2, 0) is 4.79 Å². The number of rotatable bonds is 7. The summed E-state index contributed by atoms with van der Waals surface area (Å²) in [6, 6.07) is 5.05. The number of benzene rings is 1. The summed E-state index contributed by atoms with van der Waals surface area (Å²) in [5.41, 5.74) is 6.08. The highest BCUT2D eigenvalue weighted by atomic mass is 19.4. The minimum absolute atomic E-state index is 0.0674. The molecule has 0 saturated heterocycles. The van der Waals surface area contributed by atoms with Crippen LogP contribution in [0.15, 0.2) is 29.3 Å². The maximum absolute atomic E-state index is 12.0. The van der Waals surface area contributed by atoms with Crippen LogP contribution in [0.4, 0.5) is 18.9 Å². The Labute approximate surface area is 131 Å². The van der Waals surface area contributed by atoms with Gasteiger partial charge in [-0.1, -0.05) is 6.92 Å². The van der Waals surface area contributed by atoms with Gasteiger partial charge in [-0.05, 0) is 30.7 Å². The number of aliphatic imine (C=N–C) groups is 1. The number of amides is 1. The normalized spacial score (nSPS) is 11.9. The Balaban J connectivity index is 2.43. The summed E-state index contributed by atoms with van der Waals surface area (Å²) in [6.07, 6.45) is -3.67. The highest BCUT2D eigenvalue weighted by Gasteiger charge is 2.30. The second-order valence-electron chi connectivity index (χ2n) is 4.56. The molecule has 0 fully saturated rings. The van der Waals surface area contributed by atoms with Crippen molar-refractivity contribution in [3.05, 3.63) is 24.3 Å². The van der Waals surface area contributed by atoms with Crippen LogP contribution >= 0.6 is 0 Å². The number of halogens is 3. The first-order valence-corrected chi connectivity index (χ1v) is 6.99. The Hall–Kier alpha value is -2.45. The number of nitrogens with one attached hydrogen (secondary N) is 2. The molecule has 1 rings (SSSR count). The Bertz CT molecular complexity index is 530. The van der Waals surface area contributed by atoms with Crippen LogP contribution < -0.4 is 21.1 Å². The maximum Gasteiger partial charge on any atom is 0.573 e. The maximum atomic E-state index is 12.0. The topological polar surface area (TPSA) is 88.7 Å². The van der Waals surface area contributed by atoms with Crippen molar-refractivity contribution in [3.8, 4) is 5.75 Å². The van der Waals surface area contributed by atoms with E-state index >= 15 is 0 Å². The van der Waals surface area contributed by atoms with Crippen molar-refractivity contribution in [2.45, 2.75) is 26.1 Å². The molecular formula is C14H19F3N4O2. The van der Waals surface area contributed by atoms with Crippen LogP contribution in [0.25, 0.3) is 0 Å². The van der Waals surface area contributed by atoms with Crippen molar-refractivity contribution >= 4 is 17.6 Å². The van der Waals surface area contributed by atoms with E-state index in [9.17, 15) is 18.0 Å². The molecule has 6 nitrogen and oxygen atoms in total. The van der Waals surface area contributed by atoms with Gasteiger partial charge in [0.2, 0.25) is 5.91 Å². The summed E-state index contributed by atoms with van der Waals surface area (Å²) in [4.78, 5) is 15.3. The zero-order valence-electron chi connectivity index (χ0n) is 12.6. The summed E-state index contributed by atoms with van der Waals surface area (Å²) in [5.74, 6) is -0.374. The minimum Gasteiger partial charge on any atom is -0.406 e. The van der Waals surface area contributed by atoms with Crippen LogP contribution in [0, 0.1) is 0 Å². The van der Waals surface area contributed by atoms with E-state index in [1.54, 1.807) is 0 Å². The summed E-state index contributed by atoms with van der Waals surface area (Å²) in [5, 5.41) is 5.41. The number of nitrogens with zero attached hydrogens (tertiary/aromatic N) is 1. The molecule has 1 aromatic carbocycles. The van der Waals surface area contributed by atoms with E-state index in [1.165, 1.54) is 12.1 Å². The van der Waals surface area contributed by atoms with Crippen molar-refractivity contribution in [2.75, 3.05) is 18.4 Å². The standard InChI is InChI=1S/C14H19F3N4O2/c1-2-8-19-12(22)7-9-20-13(18)21-10-3-5-11(6-4-10)23-14(15,16)17/h3-6H,2,7-9H2,1H3,(H,19,22)(H3,18,20,21). The molecule has 0 aliphatic rings. The monoisotopic (exact) mass is 332 g/mol. The van der Waals surface area contributed by atoms with Crippen molar-refractivity contribution in [1.82, 2.24) is 5.32 Å². The van der Waals surface area contributed by atoms with E-state index in [2.05, 4.69) is 20.4 Å². The second kappa shape index (κ2) is 8.86. The fourth-order valence-electron chi connectivity index (χ4n) is 1.56. The first kappa shape index (κ1) is 18.6. The predicted octanol–water partition coefficient (Wildman–Crippen LogP) is 2.23. The first-order valence-electron chi connectivity index (χ1n) is 6.99. The number of ether oxygens (including phenoxy) is 1. The molecule has 0 radical (unpaired) electrons. The van der Waals surface area contributed by atoms with Gasteiger partial charge in [0, 0.05) is 18.7 Å². The Morgan fingerprint density at radius 1 is 1.30 bits per heavy atom. The van der Waals surface area contributed by atoms with Gasteiger partial charge < -0.3 is 21.1 Å². The van der Waals surface area contributed by atoms with Crippen molar-refractivity contribution in [2.24, 2.45) is 10.7 Å². The Morgan fingerprint density at radius 3 is 2.52 bits per heavy atom. The van der Waals surface area contributed by atoms with Gasteiger partial charge in [0.15, 0.2) is 5.96 Å². The Kier molecular flexibility index (Phi) is 7.17. The molecule has 0 unspecified atom stereocenters. The molecule has 0 saturated carbocycles. The van der Waals surface area contributed by atoms with Gasteiger partial charge in [0.05, 0.1) is 6.54 Å². The number of anilines is 1. The van der Waals surface area contributed by atoms with Crippen molar-refractivity contribution in [1.29, 1.82) is 0 Å². The number of hydrogen-bond donors (Lipinski definition) is 3. The minimum atomic E-state index is -4.73. The molecule has 128 valence electrons. The number of carbonyl (C=O) groups is 1. The highest BCUT2D eigenvalue weighted by molar-refractivity contribution is 5.92. The van der Waals surface area contributed by atoms with Crippen molar-refractivity contribution in [3.63, 3.8) is 0 Å². The second-order valence-corrected chi connectivity index (χ2v) is 4.56. The van der Waals surface area contributed by atoms with E-state index in [1.807, 2.05) is 6.92 Å². The van der Waals surface area contributed by atoms with E-state index in [4.69, 9.17) is 5.73 Å². The smallest absolute Gasteiger partial charge is 0.406 e. The molecule has 9 heteroatoms. The largest absolute Gasteiger partial charge is 0.573 e. The summed E-state index contributed by atoms with van der Waals surface area (Å²) < 4.78 is 39.8. The number of carbonyl (C=O) groups excluding carboxylic acids is 1. The fourth-order valence-corrected chi connectivity index (χ4v) is 1.56. The third-order valence-electron chi connectivity index (χ3n) is 2.55. The van der Waals surface area contributed by atoms with E-state index in [-0.39, 0.29) is 30.6 Å². The SMILES string of the molecule is CCCNC(=O)CCN=C(N)Nc1ccc(OC(F)(F)F)cc1. The van der Waals surface area contributed by atoms with Gasteiger partial charge in [-0.25, -0.2) is 0 Å². The zero-order chi connectivity index (χ0) is 17.3. The van der Waals surface area contributed by atoms with Gasteiger partial charge in [0.25, 0.3) is 0 Å². The molecule has 23 heavy (non-hydrogen) atoms. The third-order valence-corrected chi connectivity index (χ3v) is 2.55.